The van der Waals surface area contributed by atoms with E-state index in [0.717, 1.165) is 70.6 Å². The lowest BCUT2D eigenvalue weighted by Crippen LogP contribution is -2.45. The van der Waals surface area contributed by atoms with Crippen LogP contribution in [-0.4, -0.2) is 68.5 Å². The number of likely N-dealkylation sites (N-methyl/N-ethyl adjacent to an activating group) is 1. The summed E-state index contributed by atoms with van der Waals surface area (Å²) in [5.41, 5.74) is 0. The summed E-state index contributed by atoms with van der Waals surface area (Å²) in [4.78, 5) is 25.2. The highest BCUT2D eigenvalue weighted by molar-refractivity contribution is 7.45. The van der Waals surface area contributed by atoms with Gasteiger partial charge in [-0.05, 0) is 64.2 Å². The molecule has 0 aliphatic heterocycles. The number of phosphoric acid groups is 1. The van der Waals surface area contributed by atoms with Gasteiger partial charge >= 0.3 is 0 Å². The number of carbonyl (C=O) groups excluding carboxylic acids is 1. The summed E-state index contributed by atoms with van der Waals surface area (Å²) in [6.07, 6.45) is 54.9. The molecule has 0 aromatic rings. The summed E-state index contributed by atoms with van der Waals surface area (Å²) < 4.78 is 23.2. The second kappa shape index (κ2) is 42.7. The second-order valence-corrected chi connectivity index (χ2v) is 19.6. The third-order valence-electron chi connectivity index (χ3n) is 11.0. The maximum atomic E-state index is 12.8. The minimum Gasteiger partial charge on any atom is -0.756 e. The summed E-state index contributed by atoms with van der Waals surface area (Å²) in [5, 5.41) is 13.7. The number of unbranched alkanes of at least 4 members (excludes halogenated alkanes) is 26. The highest BCUT2D eigenvalue weighted by Crippen LogP contribution is 2.38. The Morgan fingerprint density at radius 1 is 0.567 bits per heavy atom. The van der Waals surface area contributed by atoms with E-state index in [1.165, 1.54) is 128 Å². The average molecular weight is 865 g/mol. The first-order chi connectivity index (χ1) is 29.0. The van der Waals surface area contributed by atoms with Crippen LogP contribution in [0.5, 0.6) is 0 Å². The molecule has 0 fully saturated rings. The number of hydrogen-bond acceptors (Lipinski definition) is 6. The van der Waals surface area contributed by atoms with Crippen LogP contribution < -0.4 is 10.2 Å². The molecule has 352 valence electrons. The van der Waals surface area contributed by atoms with Gasteiger partial charge in [0, 0.05) is 6.42 Å². The van der Waals surface area contributed by atoms with Crippen molar-refractivity contribution >= 4 is 13.7 Å². The number of phosphoric ester groups is 1. The Kier molecular flexibility index (Phi) is 41.6. The Labute approximate surface area is 371 Å². The number of aliphatic hydroxyl groups excluding tert-OH is 1. The molecule has 0 aliphatic carbocycles. The maximum absolute atomic E-state index is 12.8. The van der Waals surface area contributed by atoms with Crippen LogP contribution >= 0.6 is 7.82 Å². The van der Waals surface area contributed by atoms with Crippen molar-refractivity contribution in [3.05, 3.63) is 48.6 Å². The van der Waals surface area contributed by atoms with Gasteiger partial charge in [-0.1, -0.05) is 197 Å². The van der Waals surface area contributed by atoms with Crippen molar-refractivity contribution in [2.24, 2.45) is 0 Å². The number of allylic oxidation sites excluding steroid dienone is 7. The van der Waals surface area contributed by atoms with E-state index >= 15 is 0 Å². The van der Waals surface area contributed by atoms with E-state index in [2.05, 4.69) is 55.6 Å². The van der Waals surface area contributed by atoms with Gasteiger partial charge in [0.25, 0.3) is 7.82 Å². The number of nitrogens with zero attached hydrogens (tertiary/aromatic N) is 1. The smallest absolute Gasteiger partial charge is 0.268 e. The molecule has 0 aromatic heterocycles. The normalized spacial score (nSPS) is 14.6. The van der Waals surface area contributed by atoms with Gasteiger partial charge in [0.2, 0.25) is 5.91 Å². The van der Waals surface area contributed by atoms with Crippen LogP contribution in [0.4, 0.5) is 0 Å². The van der Waals surface area contributed by atoms with Gasteiger partial charge in [-0.3, -0.25) is 9.36 Å². The molecule has 60 heavy (non-hydrogen) atoms. The number of quaternary nitrogens is 1. The third kappa shape index (κ3) is 44.5. The molecule has 0 spiro atoms. The molecule has 0 saturated carbocycles. The lowest BCUT2D eigenvalue weighted by molar-refractivity contribution is -0.870. The molecule has 1 amide bonds. The van der Waals surface area contributed by atoms with Crippen molar-refractivity contribution in [1.82, 2.24) is 5.32 Å². The Balaban J connectivity index is 4.24. The fourth-order valence-electron chi connectivity index (χ4n) is 7.01. The molecule has 2 N–H and O–H groups in total. The summed E-state index contributed by atoms with van der Waals surface area (Å²) in [6.45, 7) is 4.54. The molecular formula is C51H97N2O6P. The number of nitrogens with one attached hydrogen (secondary N) is 1. The molecule has 3 atom stereocenters. The van der Waals surface area contributed by atoms with Crippen molar-refractivity contribution < 1.29 is 32.9 Å². The molecule has 0 rings (SSSR count). The van der Waals surface area contributed by atoms with Gasteiger partial charge in [0.05, 0.1) is 39.9 Å². The zero-order valence-electron chi connectivity index (χ0n) is 39.9. The van der Waals surface area contributed by atoms with Crippen molar-refractivity contribution in [3.63, 3.8) is 0 Å². The maximum Gasteiger partial charge on any atom is 0.268 e. The Morgan fingerprint density at radius 2 is 0.967 bits per heavy atom. The molecule has 0 saturated heterocycles. The molecule has 8 nitrogen and oxygen atoms in total. The number of hydrogen-bond donors (Lipinski definition) is 2. The fourth-order valence-corrected chi connectivity index (χ4v) is 7.73. The molecule has 0 heterocycles. The standard InChI is InChI=1S/C51H97N2O6P/c1-6-8-10-12-14-16-18-19-20-21-22-23-24-25-26-27-28-29-30-31-32-33-34-35-36-38-40-42-44-50(54)49(48-59-60(56,57)58-47-46-53(3,4)5)52-51(55)45-43-41-39-37-17-15-13-11-9-7-2/h11,13,31-32,35-36,42,44,49-50,54H,6-10,12,14-30,33-34,37-41,43,45-48H2,1-5H3,(H-,52,55,56,57)/b13-11-,32-31+,36-35+,44-42+. The first-order valence-electron chi connectivity index (χ1n) is 25.0. The zero-order chi connectivity index (χ0) is 44.3. The highest BCUT2D eigenvalue weighted by Gasteiger charge is 2.23. The van der Waals surface area contributed by atoms with Crippen LogP contribution in [0, 0.1) is 0 Å². The topological polar surface area (TPSA) is 108 Å². The van der Waals surface area contributed by atoms with E-state index in [4.69, 9.17) is 9.05 Å². The van der Waals surface area contributed by atoms with Crippen LogP contribution in [-0.2, 0) is 18.4 Å². The predicted molar refractivity (Wildman–Crippen MR) is 256 cm³/mol. The Hall–Kier alpha value is -1.54. The molecule has 0 aromatic carbocycles. The van der Waals surface area contributed by atoms with Gasteiger partial charge in [-0.25, -0.2) is 0 Å². The van der Waals surface area contributed by atoms with Crippen molar-refractivity contribution in [3.8, 4) is 0 Å². The SMILES string of the molecule is CCC/C=C\CCCCCCCC(=O)NC(COP(=O)([O-])OCC[N+](C)(C)C)C(O)/C=C/CC/C=C/CC/C=C/CCCCCCCCCCCCCCCCCCCC. The van der Waals surface area contributed by atoms with Gasteiger partial charge < -0.3 is 28.8 Å². The summed E-state index contributed by atoms with van der Waals surface area (Å²) in [5.74, 6) is -0.224. The van der Waals surface area contributed by atoms with Gasteiger partial charge in [0.15, 0.2) is 0 Å². The Bertz CT molecular complexity index is 1120. The van der Waals surface area contributed by atoms with Gasteiger partial charge in [0.1, 0.15) is 13.2 Å². The zero-order valence-corrected chi connectivity index (χ0v) is 40.8. The molecule has 0 radical (unpaired) electrons. The van der Waals surface area contributed by atoms with Crippen molar-refractivity contribution in [2.45, 2.75) is 231 Å². The minimum absolute atomic E-state index is 0.0117. The van der Waals surface area contributed by atoms with Crippen LogP contribution in [0.25, 0.3) is 0 Å². The number of carbonyl (C=O) groups is 1. The average Bonchev–Trinajstić information content (AvgIpc) is 3.20. The first kappa shape index (κ1) is 58.5. The van der Waals surface area contributed by atoms with Crippen LogP contribution in [0.1, 0.15) is 219 Å². The number of rotatable bonds is 45. The van der Waals surface area contributed by atoms with Crippen LogP contribution in [0.15, 0.2) is 48.6 Å². The monoisotopic (exact) mass is 865 g/mol. The van der Waals surface area contributed by atoms with E-state index in [1.807, 2.05) is 27.2 Å². The van der Waals surface area contributed by atoms with Crippen LogP contribution in [0.3, 0.4) is 0 Å². The second-order valence-electron chi connectivity index (χ2n) is 18.1. The quantitative estimate of drug-likeness (QED) is 0.0273. The molecule has 3 unspecified atom stereocenters. The van der Waals surface area contributed by atoms with E-state index in [0.29, 0.717) is 17.4 Å². The lowest BCUT2D eigenvalue weighted by Gasteiger charge is -2.29. The lowest BCUT2D eigenvalue weighted by atomic mass is 10.0. The fraction of sp³-hybridized carbons (Fsp3) is 0.824. The van der Waals surface area contributed by atoms with E-state index in [1.54, 1.807) is 6.08 Å². The molecule has 9 heteroatoms. The van der Waals surface area contributed by atoms with Crippen LogP contribution in [0.2, 0.25) is 0 Å². The highest BCUT2D eigenvalue weighted by atomic mass is 31.2. The predicted octanol–water partition coefficient (Wildman–Crippen LogP) is 13.8. The van der Waals surface area contributed by atoms with E-state index in [9.17, 15) is 19.4 Å². The Morgan fingerprint density at radius 3 is 1.42 bits per heavy atom. The third-order valence-corrected chi connectivity index (χ3v) is 11.9. The molecular weight excluding hydrogens is 768 g/mol. The number of amides is 1. The van der Waals surface area contributed by atoms with Crippen molar-refractivity contribution in [1.29, 1.82) is 0 Å². The summed E-state index contributed by atoms with van der Waals surface area (Å²) in [7, 11) is 1.23. The molecule has 0 aliphatic rings. The van der Waals surface area contributed by atoms with Crippen molar-refractivity contribution in [2.75, 3.05) is 40.9 Å². The largest absolute Gasteiger partial charge is 0.756 e. The summed E-state index contributed by atoms with van der Waals surface area (Å²) in [6, 6.07) is -0.913. The summed E-state index contributed by atoms with van der Waals surface area (Å²) >= 11 is 0. The molecule has 0 bridgehead atoms. The van der Waals surface area contributed by atoms with Gasteiger partial charge in [-0.2, -0.15) is 0 Å². The first-order valence-corrected chi connectivity index (χ1v) is 26.5. The van der Waals surface area contributed by atoms with E-state index < -0.39 is 26.6 Å². The number of aliphatic hydroxyl groups is 1. The minimum atomic E-state index is -4.60. The van der Waals surface area contributed by atoms with E-state index in [-0.39, 0.29) is 12.5 Å². The van der Waals surface area contributed by atoms with Gasteiger partial charge in [-0.15, -0.1) is 0 Å².